The summed E-state index contributed by atoms with van der Waals surface area (Å²) in [6, 6.07) is 14.9. The van der Waals surface area contributed by atoms with Gasteiger partial charge < -0.3 is 14.1 Å². The van der Waals surface area contributed by atoms with E-state index in [1.807, 2.05) is 6.07 Å². The van der Waals surface area contributed by atoms with Crippen LogP contribution in [0.5, 0.6) is 5.75 Å². The van der Waals surface area contributed by atoms with E-state index in [4.69, 9.17) is 9.15 Å². The molecule has 164 valence electrons. The number of carbonyl (C=O) groups excluding carboxylic acids is 1. The van der Waals surface area contributed by atoms with Gasteiger partial charge in [0.2, 0.25) is 22.3 Å². The number of amides is 1. The van der Waals surface area contributed by atoms with Gasteiger partial charge in [-0.3, -0.25) is 4.79 Å². The summed E-state index contributed by atoms with van der Waals surface area (Å²) in [5.41, 5.74) is 0.834. The molecule has 0 atom stereocenters. The van der Waals surface area contributed by atoms with Crippen molar-refractivity contribution in [2.24, 2.45) is 0 Å². The Labute approximate surface area is 184 Å². The van der Waals surface area contributed by atoms with Crippen LogP contribution in [-0.4, -0.2) is 66.5 Å². The highest BCUT2D eigenvalue weighted by molar-refractivity contribution is 7.89. The van der Waals surface area contributed by atoms with Crippen LogP contribution in [0.1, 0.15) is 5.56 Å². The summed E-state index contributed by atoms with van der Waals surface area (Å²) in [6.45, 7) is 0.613. The summed E-state index contributed by atoms with van der Waals surface area (Å²) in [6.07, 6.45) is 1.24. The van der Waals surface area contributed by atoms with Gasteiger partial charge in [-0.2, -0.15) is 9.57 Å². The van der Waals surface area contributed by atoms with Crippen molar-refractivity contribution in [2.45, 2.75) is 4.90 Å². The number of carbonyl (C=O) groups is 1. The average Bonchev–Trinajstić information content (AvgIpc) is 3.38. The van der Waals surface area contributed by atoms with Crippen LogP contribution in [0.4, 0.5) is 0 Å². The zero-order valence-corrected chi connectivity index (χ0v) is 17.7. The van der Waals surface area contributed by atoms with E-state index in [-0.39, 0.29) is 49.2 Å². The topological polar surface area (TPSA) is 130 Å². The maximum Gasteiger partial charge on any atom is 0.260 e. The molecule has 0 saturated carbocycles. The molecule has 0 radical (unpaired) electrons. The molecule has 1 aliphatic rings. The van der Waals surface area contributed by atoms with Gasteiger partial charge in [0.05, 0.1) is 10.5 Å². The number of aromatic nitrogens is 2. The fourth-order valence-corrected chi connectivity index (χ4v) is 4.89. The van der Waals surface area contributed by atoms with Gasteiger partial charge in [0, 0.05) is 31.7 Å². The highest BCUT2D eigenvalue weighted by Gasteiger charge is 2.31. The second-order valence-electron chi connectivity index (χ2n) is 6.95. The molecule has 0 unspecified atom stereocenters. The van der Waals surface area contributed by atoms with E-state index >= 15 is 0 Å². The van der Waals surface area contributed by atoms with Crippen LogP contribution in [-0.2, 0) is 14.8 Å². The summed E-state index contributed by atoms with van der Waals surface area (Å²) in [4.78, 5) is 14.1. The lowest BCUT2D eigenvalue weighted by Gasteiger charge is -2.34. The number of sulfonamides is 1. The number of hydrogen-bond donors (Lipinski definition) is 0. The Morgan fingerprint density at radius 2 is 1.81 bits per heavy atom. The Bertz CT molecular complexity index is 1230. The third-order valence-corrected chi connectivity index (χ3v) is 7.00. The Balaban J connectivity index is 1.31. The molecule has 2 heterocycles. The minimum atomic E-state index is -3.81. The lowest BCUT2D eigenvalue weighted by molar-refractivity contribution is -0.134. The first-order valence-electron chi connectivity index (χ1n) is 9.75. The maximum atomic E-state index is 12.9. The van der Waals surface area contributed by atoms with E-state index in [0.29, 0.717) is 11.6 Å². The lowest BCUT2D eigenvalue weighted by atomic mass is 10.2. The molecule has 0 N–H and O–H groups in total. The molecule has 1 aromatic heterocycles. The van der Waals surface area contributed by atoms with E-state index in [1.165, 1.54) is 22.8 Å². The van der Waals surface area contributed by atoms with Crippen molar-refractivity contribution in [3.8, 4) is 23.3 Å². The quantitative estimate of drug-likeness (QED) is 0.549. The standard InChI is InChI=1S/C21H19N5O5S/c22-13-17-3-1-2-4-19(17)32(28,29)26-11-9-25(10-12-26)20(27)14-30-18-7-5-16(6-8-18)21-24-23-15-31-21/h1-8,15H,9-12,14H2. The van der Waals surface area contributed by atoms with Crippen molar-refractivity contribution < 1.29 is 22.4 Å². The molecule has 3 aromatic rings. The molecule has 1 saturated heterocycles. The van der Waals surface area contributed by atoms with Gasteiger partial charge in [-0.05, 0) is 36.4 Å². The van der Waals surface area contributed by atoms with Crippen molar-refractivity contribution in [2.75, 3.05) is 32.8 Å². The third kappa shape index (κ3) is 4.46. The van der Waals surface area contributed by atoms with Crippen molar-refractivity contribution in [1.82, 2.24) is 19.4 Å². The molecule has 0 bridgehead atoms. The van der Waals surface area contributed by atoms with Gasteiger partial charge in [-0.25, -0.2) is 8.42 Å². The highest BCUT2D eigenvalue weighted by Crippen LogP contribution is 2.22. The first-order valence-corrected chi connectivity index (χ1v) is 11.2. The van der Waals surface area contributed by atoms with Crippen molar-refractivity contribution >= 4 is 15.9 Å². The zero-order chi connectivity index (χ0) is 22.6. The van der Waals surface area contributed by atoms with Crippen LogP contribution in [0, 0.1) is 11.3 Å². The van der Waals surface area contributed by atoms with Crippen molar-refractivity contribution in [3.63, 3.8) is 0 Å². The van der Waals surface area contributed by atoms with E-state index in [9.17, 15) is 18.5 Å². The summed E-state index contributed by atoms with van der Waals surface area (Å²) < 4.78 is 37.8. The molecule has 2 aromatic carbocycles. The minimum Gasteiger partial charge on any atom is -0.484 e. The van der Waals surface area contributed by atoms with E-state index < -0.39 is 10.0 Å². The van der Waals surface area contributed by atoms with Gasteiger partial charge in [0.25, 0.3) is 5.91 Å². The fourth-order valence-electron chi connectivity index (χ4n) is 3.33. The van der Waals surface area contributed by atoms with Crippen LogP contribution in [0.25, 0.3) is 11.5 Å². The van der Waals surface area contributed by atoms with E-state index in [0.717, 1.165) is 5.56 Å². The molecule has 4 rings (SSSR count). The molecule has 32 heavy (non-hydrogen) atoms. The number of hydrogen-bond acceptors (Lipinski definition) is 8. The Kier molecular flexibility index (Phi) is 6.16. The molecule has 1 amide bonds. The fraction of sp³-hybridized carbons (Fsp3) is 0.238. The van der Waals surface area contributed by atoms with Crippen LogP contribution in [0.2, 0.25) is 0 Å². The predicted octanol–water partition coefficient (Wildman–Crippen LogP) is 1.52. The number of piperazine rings is 1. The minimum absolute atomic E-state index is 0.0189. The van der Waals surface area contributed by atoms with Crippen molar-refractivity contribution in [3.05, 3.63) is 60.5 Å². The van der Waals surface area contributed by atoms with Gasteiger partial charge in [-0.1, -0.05) is 12.1 Å². The van der Waals surface area contributed by atoms with Crippen molar-refractivity contribution in [1.29, 1.82) is 5.26 Å². The van der Waals surface area contributed by atoms with Crippen LogP contribution in [0.15, 0.2) is 64.2 Å². The Hall–Kier alpha value is -3.75. The first-order chi connectivity index (χ1) is 15.5. The molecule has 1 aliphatic heterocycles. The van der Waals surface area contributed by atoms with Crippen LogP contribution in [0.3, 0.4) is 0 Å². The Morgan fingerprint density at radius 3 is 2.47 bits per heavy atom. The molecule has 0 spiro atoms. The first kappa shape index (κ1) is 21.5. The maximum absolute atomic E-state index is 12.9. The van der Waals surface area contributed by atoms with Gasteiger partial charge in [0.1, 0.15) is 11.8 Å². The summed E-state index contributed by atoms with van der Waals surface area (Å²) in [5.74, 6) is 0.661. The smallest absolute Gasteiger partial charge is 0.260 e. The number of rotatable bonds is 6. The number of ether oxygens (including phenoxy) is 1. The normalized spacial score (nSPS) is 14.7. The summed E-state index contributed by atoms with van der Waals surface area (Å²) in [7, 11) is -3.81. The molecular weight excluding hydrogens is 434 g/mol. The summed E-state index contributed by atoms with van der Waals surface area (Å²) >= 11 is 0. The molecule has 10 nitrogen and oxygen atoms in total. The van der Waals surface area contributed by atoms with Gasteiger partial charge in [-0.15, -0.1) is 10.2 Å². The molecular formula is C21H19N5O5S. The van der Waals surface area contributed by atoms with Gasteiger partial charge in [0.15, 0.2) is 6.61 Å². The van der Waals surface area contributed by atoms with Crippen LogP contribution >= 0.6 is 0 Å². The lowest BCUT2D eigenvalue weighted by Crippen LogP contribution is -2.51. The summed E-state index contributed by atoms with van der Waals surface area (Å²) in [5, 5.41) is 16.6. The second-order valence-corrected chi connectivity index (χ2v) is 8.86. The van der Waals surface area contributed by atoms with Gasteiger partial charge >= 0.3 is 0 Å². The number of benzene rings is 2. The largest absolute Gasteiger partial charge is 0.484 e. The van der Waals surface area contributed by atoms with E-state index in [1.54, 1.807) is 41.3 Å². The second kappa shape index (κ2) is 9.17. The number of nitrogens with zero attached hydrogens (tertiary/aromatic N) is 5. The molecule has 0 aliphatic carbocycles. The molecule has 11 heteroatoms. The number of nitriles is 1. The monoisotopic (exact) mass is 453 g/mol. The van der Waals surface area contributed by atoms with E-state index in [2.05, 4.69) is 10.2 Å². The zero-order valence-electron chi connectivity index (χ0n) is 16.9. The third-order valence-electron chi connectivity index (χ3n) is 5.04. The average molecular weight is 453 g/mol. The highest BCUT2D eigenvalue weighted by atomic mass is 32.2. The molecule has 1 fully saturated rings. The van der Waals surface area contributed by atoms with Crippen LogP contribution < -0.4 is 4.74 Å². The predicted molar refractivity (Wildman–Crippen MR) is 112 cm³/mol. The SMILES string of the molecule is N#Cc1ccccc1S(=O)(=O)N1CCN(C(=O)COc2ccc(-c3nnco3)cc2)CC1. The Morgan fingerprint density at radius 1 is 1.09 bits per heavy atom.